The van der Waals surface area contributed by atoms with Gasteiger partial charge in [0.1, 0.15) is 0 Å². The summed E-state index contributed by atoms with van der Waals surface area (Å²) in [5.74, 6) is 0.331. The van der Waals surface area contributed by atoms with Gasteiger partial charge in [-0.2, -0.15) is 0 Å². The molecule has 0 radical (unpaired) electrons. The van der Waals surface area contributed by atoms with Gasteiger partial charge in [0.25, 0.3) is 11.1 Å². The minimum atomic E-state index is -0.181. The molecule has 5 heteroatoms. The van der Waals surface area contributed by atoms with Crippen molar-refractivity contribution in [3.8, 4) is 0 Å². The number of aromatic nitrogens is 3. The van der Waals surface area contributed by atoms with E-state index in [1.54, 1.807) is 48.5 Å². The van der Waals surface area contributed by atoms with Crippen LogP contribution in [0, 0.1) is 0 Å². The highest BCUT2D eigenvalue weighted by atomic mass is 16.1. The van der Waals surface area contributed by atoms with E-state index in [1.165, 1.54) is 8.97 Å². The molecule has 2 heterocycles. The lowest BCUT2D eigenvalue weighted by atomic mass is 10.2. The predicted octanol–water partition coefficient (Wildman–Crippen LogP) is 2.35. The van der Waals surface area contributed by atoms with Crippen LogP contribution in [0.3, 0.4) is 0 Å². The topological polar surface area (TPSA) is 56.4 Å². The molecule has 0 fully saturated rings. The molecule has 0 aliphatic carbocycles. The van der Waals surface area contributed by atoms with Crippen molar-refractivity contribution in [2.75, 3.05) is 0 Å². The molecule has 0 bridgehead atoms. The molecule has 5 nitrogen and oxygen atoms in total. The third-order valence-corrected chi connectivity index (χ3v) is 3.93. The van der Waals surface area contributed by atoms with Gasteiger partial charge in [0.15, 0.2) is 0 Å². The van der Waals surface area contributed by atoms with Crippen LogP contribution in [0.25, 0.3) is 27.6 Å². The lowest BCUT2D eigenvalue weighted by Gasteiger charge is -2.12. The molecule has 0 amide bonds. The largest absolute Gasteiger partial charge is 0.274 e. The molecular formula is C18H13N3O2. The molecule has 0 spiro atoms. The van der Waals surface area contributed by atoms with Crippen molar-refractivity contribution in [1.82, 2.24) is 14.0 Å². The molecule has 0 unspecified atom stereocenters. The van der Waals surface area contributed by atoms with Gasteiger partial charge in [0.05, 0.1) is 21.8 Å². The molecule has 4 aromatic rings. The van der Waals surface area contributed by atoms with Crippen LogP contribution in [0.15, 0.2) is 70.8 Å². The van der Waals surface area contributed by atoms with Gasteiger partial charge in [-0.05, 0) is 24.3 Å². The Morgan fingerprint density at radius 3 is 2.43 bits per heavy atom. The smallest absolute Gasteiger partial charge is 0.267 e. The van der Waals surface area contributed by atoms with Crippen molar-refractivity contribution >= 4 is 27.6 Å². The predicted molar refractivity (Wildman–Crippen MR) is 90.9 cm³/mol. The fourth-order valence-corrected chi connectivity index (χ4v) is 2.90. The van der Waals surface area contributed by atoms with Crippen molar-refractivity contribution in [1.29, 1.82) is 0 Å². The summed E-state index contributed by atoms with van der Waals surface area (Å²) < 4.78 is 2.98. The van der Waals surface area contributed by atoms with Crippen molar-refractivity contribution < 1.29 is 0 Å². The van der Waals surface area contributed by atoms with Crippen molar-refractivity contribution in [2.24, 2.45) is 0 Å². The van der Waals surface area contributed by atoms with Gasteiger partial charge in [-0.3, -0.25) is 14.2 Å². The van der Waals surface area contributed by atoms with E-state index in [9.17, 15) is 9.59 Å². The molecule has 112 valence electrons. The first kappa shape index (κ1) is 13.5. The molecule has 0 aliphatic rings. The van der Waals surface area contributed by atoms with Crippen LogP contribution in [0.2, 0.25) is 0 Å². The summed E-state index contributed by atoms with van der Waals surface area (Å²) in [4.78, 5) is 30.2. The molecule has 23 heavy (non-hydrogen) atoms. The summed E-state index contributed by atoms with van der Waals surface area (Å²) in [7, 11) is 0. The third kappa shape index (κ3) is 1.83. The van der Waals surface area contributed by atoms with Crippen LogP contribution < -0.4 is 11.1 Å². The van der Waals surface area contributed by atoms with Crippen LogP contribution >= 0.6 is 0 Å². The van der Waals surface area contributed by atoms with Crippen LogP contribution in [-0.4, -0.2) is 14.0 Å². The summed E-state index contributed by atoms with van der Waals surface area (Å²) in [5, 5.41) is 1.01. The summed E-state index contributed by atoms with van der Waals surface area (Å²) in [5.41, 5.74) is 0.781. The highest BCUT2D eigenvalue weighted by Crippen LogP contribution is 2.14. The Hall–Kier alpha value is -3.21. The molecule has 0 N–H and O–H groups in total. The Balaban J connectivity index is 2.41. The first-order valence-electron chi connectivity index (χ1n) is 7.26. The van der Waals surface area contributed by atoms with Crippen LogP contribution in [-0.2, 0) is 6.54 Å². The fraction of sp³-hybridized carbons (Fsp3) is 0.0556. The molecule has 0 atom stereocenters. The minimum absolute atomic E-state index is 0.178. The Morgan fingerprint density at radius 2 is 1.65 bits per heavy atom. The number of nitrogens with zero attached hydrogens (tertiary/aromatic N) is 3. The zero-order valence-electron chi connectivity index (χ0n) is 12.3. The maximum Gasteiger partial charge on any atom is 0.267 e. The quantitative estimate of drug-likeness (QED) is 0.324. The summed E-state index contributed by atoms with van der Waals surface area (Å²) in [6.45, 7) is 3.98. The van der Waals surface area contributed by atoms with E-state index in [1.807, 2.05) is 6.07 Å². The lowest BCUT2D eigenvalue weighted by molar-refractivity contribution is 0.779. The highest BCUT2D eigenvalue weighted by molar-refractivity contribution is 5.84. The van der Waals surface area contributed by atoms with Crippen molar-refractivity contribution in [2.45, 2.75) is 6.54 Å². The van der Waals surface area contributed by atoms with E-state index in [-0.39, 0.29) is 17.7 Å². The van der Waals surface area contributed by atoms with Gasteiger partial charge in [-0.25, -0.2) is 9.38 Å². The van der Waals surface area contributed by atoms with Gasteiger partial charge >= 0.3 is 0 Å². The second kappa shape index (κ2) is 4.91. The van der Waals surface area contributed by atoms with Crippen LogP contribution in [0.5, 0.6) is 0 Å². The normalized spacial score (nSPS) is 11.3. The lowest BCUT2D eigenvalue weighted by Crippen LogP contribution is -2.28. The number of hydrogen-bond donors (Lipinski definition) is 0. The number of rotatable bonds is 2. The van der Waals surface area contributed by atoms with Gasteiger partial charge < -0.3 is 0 Å². The third-order valence-electron chi connectivity index (χ3n) is 3.93. The van der Waals surface area contributed by atoms with Crippen molar-refractivity contribution in [3.63, 3.8) is 0 Å². The van der Waals surface area contributed by atoms with Gasteiger partial charge in [0.2, 0.25) is 5.78 Å². The number of fused-ring (bicyclic) bond motifs is 4. The summed E-state index contributed by atoms with van der Waals surface area (Å²) in [6, 6.07) is 14.2. The van der Waals surface area contributed by atoms with E-state index in [2.05, 4.69) is 11.6 Å². The Kier molecular flexibility index (Phi) is 2.87. The second-order valence-electron chi connectivity index (χ2n) is 5.29. The minimum Gasteiger partial charge on any atom is -0.274 e. The fourth-order valence-electron chi connectivity index (χ4n) is 2.90. The average Bonchev–Trinajstić information content (AvgIpc) is 2.58. The molecule has 2 aromatic heterocycles. The number of para-hydroxylation sites is 2. The summed E-state index contributed by atoms with van der Waals surface area (Å²) >= 11 is 0. The Labute approximate surface area is 130 Å². The highest BCUT2D eigenvalue weighted by Gasteiger charge is 2.14. The maximum absolute atomic E-state index is 13.0. The zero-order chi connectivity index (χ0) is 16.0. The molecular weight excluding hydrogens is 290 g/mol. The SMILES string of the molecule is C=CCn1c(=O)c2ccccc2n2c(=O)c3ccccc3nc12. The summed E-state index contributed by atoms with van der Waals surface area (Å²) in [6.07, 6.45) is 1.62. The standard InChI is InChI=1S/C18H13N3O2/c1-2-11-20-16(22)13-8-4-6-10-15(13)21-17(23)12-7-3-5-9-14(12)19-18(20)21/h2-10H,1,11H2. The molecule has 0 saturated heterocycles. The van der Waals surface area contributed by atoms with E-state index >= 15 is 0 Å². The van der Waals surface area contributed by atoms with Gasteiger partial charge in [-0.15, -0.1) is 6.58 Å². The maximum atomic E-state index is 13.0. The van der Waals surface area contributed by atoms with Crippen LogP contribution in [0.4, 0.5) is 0 Å². The monoisotopic (exact) mass is 303 g/mol. The second-order valence-corrected chi connectivity index (χ2v) is 5.29. The molecule has 0 saturated carbocycles. The van der Waals surface area contributed by atoms with Gasteiger partial charge in [-0.1, -0.05) is 30.3 Å². The molecule has 0 aliphatic heterocycles. The average molecular weight is 303 g/mol. The van der Waals surface area contributed by atoms with Crippen LogP contribution in [0.1, 0.15) is 0 Å². The van der Waals surface area contributed by atoms with E-state index in [0.29, 0.717) is 27.6 Å². The zero-order valence-corrected chi connectivity index (χ0v) is 12.3. The molecule has 2 aromatic carbocycles. The number of benzene rings is 2. The van der Waals surface area contributed by atoms with Gasteiger partial charge in [0, 0.05) is 6.54 Å². The van der Waals surface area contributed by atoms with E-state index in [4.69, 9.17) is 0 Å². The Morgan fingerprint density at radius 1 is 0.957 bits per heavy atom. The first-order chi connectivity index (χ1) is 11.2. The first-order valence-corrected chi connectivity index (χ1v) is 7.26. The van der Waals surface area contributed by atoms with E-state index in [0.717, 1.165) is 0 Å². The Bertz CT molecular complexity index is 1200. The number of allylic oxidation sites excluding steroid dienone is 1. The van der Waals surface area contributed by atoms with E-state index < -0.39 is 0 Å². The number of hydrogen-bond acceptors (Lipinski definition) is 3. The van der Waals surface area contributed by atoms with Crippen molar-refractivity contribution in [3.05, 3.63) is 81.9 Å². The molecule has 4 rings (SSSR count).